The van der Waals surface area contributed by atoms with Gasteiger partial charge in [0.2, 0.25) is 0 Å². The summed E-state index contributed by atoms with van der Waals surface area (Å²) in [5.74, 6) is -0.758. The summed E-state index contributed by atoms with van der Waals surface area (Å²) in [6.07, 6.45) is -0.0967. The van der Waals surface area contributed by atoms with Crippen LogP contribution < -0.4 is 5.32 Å². The first kappa shape index (κ1) is 26.8. The molecular weight excluding hydrogens is 495 g/mol. The fraction of sp³-hybridized carbons (Fsp3) is 0.500. The number of esters is 1. The van der Waals surface area contributed by atoms with Gasteiger partial charge in [-0.15, -0.1) is 0 Å². The van der Waals surface area contributed by atoms with Crippen molar-refractivity contribution in [2.45, 2.75) is 65.8 Å². The number of alkyl carbamates (subject to hydrolysis) is 1. The number of aromatic nitrogens is 2. The topological polar surface area (TPSA) is 103 Å². The largest absolute Gasteiger partial charge is 0.461 e. The van der Waals surface area contributed by atoms with Gasteiger partial charge in [0.1, 0.15) is 5.60 Å². The van der Waals surface area contributed by atoms with E-state index in [-0.39, 0.29) is 43.9 Å². The Balaban J connectivity index is 1.84. The Kier molecular flexibility index (Phi) is 8.33. The van der Waals surface area contributed by atoms with E-state index in [9.17, 15) is 14.4 Å². The SMILES string of the molecule is CCOC(=O)c1c2c(nn1CCNC(=O)OC(C)(C)C)C[C@@H](C)N(C(=O)c1ccc(Cl)c(Cl)c1)C2. The van der Waals surface area contributed by atoms with E-state index in [0.29, 0.717) is 27.6 Å². The van der Waals surface area contributed by atoms with Crippen molar-refractivity contribution in [3.8, 4) is 0 Å². The molecule has 2 heterocycles. The standard InChI is InChI=1S/C24H30Cl2N4O5/c1-6-34-22(32)20-16-13-29(21(31)15-7-8-17(25)18(26)12-15)14(2)11-19(16)28-30(20)10-9-27-23(33)35-24(3,4)5/h7-8,12,14H,6,9-11,13H2,1-5H3,(H,27,33)/t14-/m1/s1. The maximum absolute atomic E-state index is 13.3. The minimum Gasteiger partial charge on any atom is -0.461 e. The first-order valence-corrected chi connectivity index (χ1v) is 12.2. The van der Waals surface area contributed by atoms with Gasteiger partial charge >= 0.3 is 12.1 Å². The third kappa shape index (κ3) is 6.46. The highest BCUT2D eigenvalue weighted by Gasteiger charge is 2.35. The van der Waals surface area contributed by atoms with Crippen LogP contribution in [0.5, 0.6) is 0 Å². The molecular formula is C24H30Cl2N4O5. The van der Waals surface area contributed by atoms with Gasteiger partial charge in [-0.2, -0.15) is 5.10 Å². The second kappa shape index (κ2) is 10.9. The second-order valence-corrected chi connectivity index (χ2v) is 10.1. The van der Waals surface area contributed by atoms with Gasteiger partial charge in [-0.25, -0.2) is 9.59 Å². The number of amides is 2. The zero-order chi connectivity index (χ0) is 25.9. The molecule has 2 aromatic rings. The Hall–Kier alpha value is -2.78. The molecule has 0 bridgehead atoms. The van der Waals surface area contributed by atoms with Gasteiger partial charge < -0.3 is 19.7 Å². The van der Waals surface area contributed by atoms with Gasteiger partial charge in [0.15, 0.2) is 5.69 Å². The quantitative estimate of drug-likeness (QED) is 0.558. The van der Waals surface area contributed by atoms with Crippen molar-refractivity contribution in [3.63, 3.8) is 0 Å². The van der Waals surface area contributed by atoms with Crippen molar-refractivity contribution in [3.05, 3.63) is 50.8 Å². The van der Waals surface area contributed by atoms with Gasteiger partial charge in [-0.1, -0.05) is 23.2 Å². The van der Waals surface area contributed by atoms with E-state index in [4.69, 9.17) is 32.7 Å². The molecule has 11 heteroatoms. The second-order valence-electron chi connectivity index (χ2n) is 9.26. The molecule has 1 aromatic heterocycles. The highest BCUT2D eigenvalue weighted by molar-refractivity contribution is 6.42. The third-order valence-electron chi connectivity index (χ3n) is 5.37. The van der Waals surface area contributed by atoms with Crippen molar-refractivity contribution in [2.24, 2.45) is 0 Å². The van der Waals surface area contributed by atoms with Crippen LogP contribution in [0.25, 0.3) is 0 Å². The lowest BCUT2D eigenvalue weighted by Gasteiger charge is -2.33. The molecule has 1 aliphatic rings. The van der Waals surface area contributed by atoms with Gasteiger partial charge in [0.05, 0.1) is 35.4 Å². The molecule has 1 N–H and O–H groups in total. The molecule has 1 aliphatic heterocycles. The summed E-state index contributed by atoms with van der Waals surface area (Å²) < 4.78 is 12.1. The van der Waals surface area contributed by atoms with Crippen molar-refractivity contribution in [1.29, 1.82) is 0 Å². The molecule has 0 spiro atoms. The first-order valence-electron chi connectivity index (χ1n) is 11.4. The van der Waals surface area contributed by atoms with Crippen molar-refractivity contribution < 1.29 is 23.9 Å². The summed E-state index contributed by atoms with van der Waals surface area (Å²) in [6, 6.07) is 4.57. The number of nitrogens with one attached hydrogen (secondary N) is 1. The fourth-order valence-corrected chi connectivity index (χ4v) is 4.13. The number of carbonyl (C=O) groups excluding carboxylic acids is 3. The van der Waals surface area contributed by atoms with Gasteiger partial charge in [0.25, 0.3) is 5.91 Å². The maximum Gasteiger partial charge on any atom is 0.407 e. The van der Waals surface area contributed by atoms with Gasteiger partial charge in [-0.3, -0.25) is 9.48 Å². The summed E-state index contributed by atoms with van der Waals surface area (Å²) >= 11 is 12.1. The van der Waals surface area contributed by atoms with E-state index in [1.54, 1.807) is 44.7 Å². The lowest BCUT2D eigenvalue weighted by atomic mass is 9.98. The van der Waals surface area contributed by atoms with Crippen LogP contribution >= 0.6 is 23.2 Å². The number of rotatable bonds is 6. The minimum atomic E-state index is -0.620. The number of benzene rings is 1. The zero-order valence-electron chi connectivity index (χ0n) is 20.5. The van der Waals surface area contributed by atoms with E-state index in [0.717, 1.165) is 5.69 Å². The summed E-state index contributed by atoms with van der Waals surface area (Å²) in [7, 11) is 0. The van der Waals surface area contributed by atoms with Crippen LogP contribution in [0.4, 0.5) is 4.79 Å². The van der Waals surface area contributed by atoms with Crippen molar-refractivity contribution in [1.82, 2.24) is 20.0 Å². The normalized spacial score (nSPS) is 15.4. The zero-order valence-corrected chi connectivity index (χ0v) is 22.0. The maximum atomic E-state index is 13.3. The molecule has 35 heavy (non-hydrogen) atoms. The molecule has 9 nitrogen and oxygen atoms in total. The van der Waals surface area contributed by atoms with E-state index in [2.05, 4.69) is 10.4 Å². The van der Waals surface area contributed by atoms with Crippen LogP contribution in [-0.2, 0) is 29.0 Å². The van der Waals surface area contributed by atoms with Crippen molar-refractivity contribution in [2.75, 3.05) is 13.2 Å². The molecule has 0 saturated carbocycles. The lowest BCUT2D eigenvalue weighted by molar-refractivity contribution is 0.0502. The van der Waals surface area contributed by atoms with Crippen LogP contribution in [0.15, 0.2) is 18.2 Å². The Labute approximate surface area is 214 Å². The van der Waals surface area contributed by atoms with Crippen LogP contribution in [-0.4, -0.2) is 57.4 Å². The highest BCUT2D eigenvalue weighted by atomic mass is 35.5. The van der Waals surface area contributed by atoms with Crippen LogP contribution in [0, 0.1) is 0 Å². The summed E-state index contributed by atoms with van der Waals surface area (Å²) in [5.41, 5.74) is 1.40. The van der Waals surface area contributed by atoms with Crippen LogP contribution in [0.3, 0.4) is 0 Å². The average molecular weight is 525 g/mol. The molecule has 0 unspecified atom stereocenters. The Morgan fingerprint density at radius 1 is 1.20 bits per heavy atom. The van der Waals surface area contributed by atoms with Crippen molar-refractivity contribution >= 4 is 41.2 Å². The number of nitrogens with zero attached hydrogens (tertiary/aromatic N) is 3. The summed E-state index contributed by atoms with van der Waals surface area (Å²) in [5, 5.41) is 7.94. The molecule has 190 valence electrons. The smallest absolute Gasteiger partial charge is 0.407 e. The predicted molar refractivity (Wildman–Crippen MR) is 132 cm³/mol. The number of halogens is 2. The number of ether oxygens (including phenoxy) is 2. The number of hydrogen-bond donors (Lipinski definition) is 1. The molecule has 0 aliphatic carbocycles. The third-order valence-corrected chi connectivity index (χ3v) is 6.11. The van der Waals surface area contributed by atoms with Crippen LogP contribution in [0.2, 0.25) is 10.0 Å². The summed E-state index contributed by atoms with van der Waals surface area (Å²) in [6.45, 7) is 9.78. The predicted octanol–water partition coefficient (Wildman–Crippen LogP) is 4.48. The van der Waals surface area contributed by atoms with E-state index >= 15 is 0 Å². The lowest BCUT2D eigenvalue weighted by Crippen LogP contribution is -2.42. The van der Waals surface area contributed by atoms with E-state index in [1.165, 1.54) is 10.7 Å². The fourth-order valence-electron chi connectivity index (χ4n) is 3.83. The van der Waals surface area contributed by atoms with Gasteiger partial charge in [-0.05, 0) is 52.8 Å². The molecule has 1 aromatic carbocycles. The number of carbonyl (C=O) groups is 3. The Morgan fingerprint density at radius 2 is 1.91 bits per heavy atom. The Bertz CT molecular complexity index is 1130. The number of hydrogen-bond acceptors (Lipinski definition) is 6. The number of fused-ring (bicyclic) bond motifs is 1. The summed E-state index contributed by atoms with van der Waals surface area (Å²) in [4.78, 5) is 39.8. The van der Waals surface area contributed by atoms with E-state index < -0.39 is 17.7 Å². The highest BCUT2D eigenvalue weighted by Crippen LogP contribution is 2.29. The molecule has 0 fully saturated rings. The van der Waals surface area contributed by atoms with Gasteiger partial charge in [0, 0.05) is 30.1 Å². The molecule has 3 rings (SSSR count). The molecule has 0 saturated heterocycles. The van der Waals surface area contributed by atoms with E-state index in [1.807, 2.05) is 6.92 Å². The first-order chi connectivity index (χ1) is 16.4. The average Bonchev–Trinajstić information content (AvgIpc) is 3.10. The monoisotopic (exact) mass is 524 g/mol. The Morgan fingerprint density at radius 3 is 2.54 bits per heavy atom. The molecule has 2 amide bonds. The van der Waals surface area contributed by atoms with Crippen LogP contribution in [0.1, 0.15) is 66.7 Å². The molecule has 0 radical (unpaired) electrons. The minimum absolute atomic E-state index is 0.164. The molecule has 1 atom stereocenters.